The molecule has 28 heavy (non-hydrogen) atoms. The maximum absolute atomic E-state index is 12.6. The Bertz CT molecular complexity index is 1070. The smallest absolute Gasteiger partial charge is 0.317 e. The number of aromatic amines is 1. The van der Waals surface area contributed by atoms with Crippen LogP contribution in [0.3, 0.4) is 0 Å². The van der Waals surface area contributed by atoms with Gasteiger partial charge in [0.05, 0.1) is 11.9 Å². The summed E-state index contributed by atoms with van der Waals surface area (Å²) in [6, 6.07) is 9.92. The summed E-state index contributed by atoms with van der Waals surface area (Å²) < 4.78 is 1.69. The number of amides is 2. The minimum absolute atomic E-state index is 0.0261. The molecule has 5 rings (SSSR count). The molecule has 2 amide bonds. The van der Waals surface area contributed by atoms with E-state index in [1.54, 1.807) is 10.9 Å². The first-order chi connectivity index (χ1) is 13.7. The predicted octanol–water partition coefficient (Wildman–Crippen LogP) is 1.10. The lowest BCUT2D eigenvalue weighted by atomic mass is 10.0. The van der Waals surface area contributed by atoms with Gasteiger partial charge in [-0.25, -0.2) is 9.48 Å². The van der Waals surface area contributed by atoms with Crippen LogP contribution in [0.25, 0.3) is 16.7 Å². The molecular formula is C19H21N7O2. The molecule has 2 N–H and O–H groups in total. The second kappa shape index (κ2) is 6.66. The summed E-state index contributed by atoms with van der Waals surface area (Å²) in [5, 5.41) is 7.68. The SMILES string of the molecule is O=C1NCCN1C1CCN(c2nc3c(cnn3-c3ccccc3)c(=O)[nH]2)CC1. The van der Waals surface area contributed by atoms with E-state index in [4.69, 9.17) is 4.98 Å². The Morgan fingerprint density at radius 1 is 1.04 bits per heavy atom. The first-order valence-electron chi connectivity index (χ1n) is 9.53. The number of rotatable bonds is 3. The number of urea groups is 1. The Balaban J connectivity index is 1.42. The highest BCUT2D eigenvalue weighted by atomic mass is 16.2. The second-order valence-electron chi connectivity index (χ2n) is 7.16. The zero-order chi connectivity index (χ0) is 19.1. The van der Waals surface area contributed by atoms with E-state index in [-0.39, 0.29) is 17.6 Å². The van der Waals surface area contributed by atoms with Crippen LogP contribution in [0.4, 0.5) is 10.7 Å². The molecule has 0 spiro atoms. The average molecular weight is 379 g/mol. The summed E-state index contributed by atoms with van der Waals surface area (Å²) in [6.07, 6.45) is 3.26. The van der Waals surface area contributed by atoms with Gasteiger partial charge in [0.15, 0.2) is 5.65 Å². The molecule has 0 radical (unpaired) electrons. The van der Waals surface area contributed by atoms with E-state index in [1.807, 2.05) is 35.2 Å². The number of carbonyl (C=O) groups excluding carboxylic acids is 1. The van der Waals surface area contributed by atoms with Crippen molar-refractivity contribution in [2.75, 3.05) is 31.1 Å². The monoisotopic (exact) mass is 379 g/mol. The Hall–Kier alpha value is -3.36. The Kier molecular flexibility index (Phi) is 4.00. The number of H-pyrrole nitrogens is 1. The summed E-state index contributed by atoms with van der Waals surface area (Å²) in [6.45, 7) is 2.96. The molecule has 0 unspecified atom stereocenters. The van der Waals surface area contributed by atoms with Gasteiger partial charge in [0.1, 0.15) is 5.39 Å². The summed E-state index contributed by atoms with van der Waals surface area (Å²) in [7, 11) is 0. The molecule has 2 aromatic heterocycles. The van der Waals surface area contributed by atoms with Crippen LogP contribution in [0.15, 0.2) is 41.3 Å². The van der Waals surface area contributed by atoms with Gasteiger partial charge in [0, 0.05) is 32.2 Å². The van der Waals surface area contributed by atoms with Crippen molar-refractivity contribution in [3.63, 3.8) is 0 Å². The highest BCUT2D eigenvalue weighted by molar-refractivity contribution is 5.77. The van der Waals surface area contributed by atoms with Gasteiger partial charge in [0.25, 0.3) is 5.56 Å². The van der Waals surface area contributed by atoms with Crippen molar-refractivity contribution in [1.82, 2.24) is 30.0 Å². The van der Waals surface area contributed by atoms with Gasteiger partial charge >= 0.3 is 6.03 Å². The predicted molar refractivity (Wildman–Crippen MR) is 105 cm³/mol. The number of para-hydroxylation sites is 1. The van der Waals surface area contributed by atoms with Crippen LogP contribution in [0.2, 0.25) is 0 Å². The fourth-order valence-corrected chi connectivity index (χ4v) is 4.04. The third kappa shape index (κ3) is 2.79. The van der Waals surface area contributed by atoms with Crippen LogP contribution in [-0.4, -0.2) is 62.9 Å². The van der Waals surface area contributed by atoms with E-state index in [1.165, 1.54) is 0 Å². The van der Waals surface area contributed by atoms with Crippen LogP contribution >= 0.6 is 0 Å². The number of anilines is 1. The molecule has 9 nitrogen and oxygen atoms in total. The average Bonchev–Trinajstić information content (AvgIpc) is 3.35. The fourth-order valence-electron chi connectivity index (χ4n) is 4.04. The maximum Gasteiger partial charge on any atom is 0.317 e. The zero-order valence-corrected chi connectivity index (χ0v) is 15.3. The molecule has 2 saturated heterocycles. The maximum atomic E-state index is 12.6. The van der Waals surface area contributed by atoms with E-state index < -0.39 is 0 Å². The van der Waals surface area contributed by atoms with E-state index in [0.717, 1.165) is 38.2 Å². The van der Waals surface area contributed by atoms with Gasteiger partial charge < -0.3 is 15.1 Å². The molecule has 3 aromatic rings. The molecule has 144 valence electrons. The number of fused-ring (bicyclic) bond motifs is 1. The van der Waals surface area contributed by atoms with Crippen LogP contribution in [-0.2, 0) is 0 Å². The molecule has 2 fully saturated rings. The number of aromatic nitrogens is 4. The third-order valence-corrected chi connectivity index (χ3v) is 5.52. The third-order valence-electron chi connectivity index (χ3n) is 5.52. The van der Waals surface area contributed by atoms with Crippen LogP contribution in [0.1, 0.15) is 12.8 Å². The summed E-state index contributed by atoms with van der Waals surface area (Å²) in [4.78, 5) is 36.1. The van der Waals surface area contributed by atoms with Gasteiger partial charge in [-0.3, -0.25) is 9.78 Å². The molecular weight excluding hydrogens is 358 g/mol. The molecule has 4 heterocycles. The van der Waals surface area contributed by atoms with Crippen molar-refractivity contribution in [3.8, 4) is 5.69 Å². The van der Waals surface area contributed by atoms with Crippen LogP contribution in [0.5, 0.6) is 0 Å². The van der Waals surface area contributed by atoms with Gasteiger partial charge in [-0.2, -0.15) is 10.1 Å². The van der Waals surface area contributed by atoms with Crippen molar-refractivity contribution in [2.24, 2.45) is 0 Å². The molecule has 0 saturated carbocycles. The van der Waals surface area contributed by atoms with Gasteiger partial charge in [-0.15, -0.1) is 0 Å². The van der Waals surface area contributed by atoms with Crippen molar-refractivity contribution < 1.29 is 4.79 Å². The minimum atomic E-state index is -0.191. The molecule has 0 aliphatic carbocycles. The van der Waals surface area contributed by atoms with E-state index in [9.17, 15) is 9.59 Å². The first-order valence-corrected chi connectivity index (χ1v) is 9.53. The highest BCUT2D eigenvalue weighted by Crippen LogP contribution is 2.22. The number of carbonyl (C=O) groups is 1. The standard InChI is InChI=1S/C19H21N7O2/c27-17-15-12-21-26(14-4-2-1-3-5-14)16(15)22-18(23-17)24-9-6-13(7-10-24)25-11-8-20-19(25)28/h1-5,12-13H,6-11H2,(H,20,28)(H,22,23,27). The Labute approximate surface area is 161 Å². The zero-order valence-electron chi connectivity index (χ0n) is 15.3. The van der Waals surface area contributed by atoms with Crippen LogP contribution in [0, 0.1) is 0 Å². The van der Waals surface area contributed by atoms with E-state index in [2.05, 4.69) is 20.3 Å². The molecule has 0 bridgehead atoms. The van der Waals surface area contributed by atoms with Crippen molar-refractivity contribution in [3.05, 3.63) is 46.9 Å². The molecule has 9 heteroatoms. The largest absolute Gasteiger partial charge is 0.342 e. The molecule has 1 aromatic carbocycles. The molecule has 0 atom stereocenters. The minimum Gasteiger partial charge on any atom is -0.342 e. The van der Waals surface area contributed by atoms with E-state index >= 15 is 0 Å². The lowest BCUT2D eigenvalue weighted by Crippen LogP contribution is -2.46. The van der Waals surface area contributed by atoms with Gasteiger partial charge in [-0.05, 0) is 25.0 Å². The van der Waals surface area contributed by atoms with Crippen molar-refractivity contribution >= 4 is 23.0 Å². The number of benzene rings is 1. The number of hydrogen-bond acceptors (Lipinski definition) is 5. The highest BCUT2D eigenvalue weighted by Gasteiger charge is 2.31. The van der Waals surface area contributed by atoms with E-state index in [0.29, 0.717) is 23.5 Å². The molecule has 2 aliphatic heterocycles. The molecule has 2 aliphatic rings. The summed E-state index contributed by atoms with van der Waals surface area (Å²) in [5.41, 5.74) is 1.22. The Morgan fingerprint density at radius 3 is 2.54 bits per heavy atom. The van der Waals surface area contributed by atoms with Crippen LogP contribution < -0.4 is 15.8 Å². The van der Waals surface area contributed by atoms with Crippen molar-refractivity contribution in [2.45, 2.75) is 18.9 Å². The first kappa shape index (κ1) is 16.8. The quantitative estimate of drug-likeness (QED) is 0.710. The number of piperidine rings is 1. The van der Waals surface area contributed by atoms with Gasteiger partial charge in [-0.1, -0.05) is 18.2 Å². The topological polar surface area (TPSA) is 99.2 Å². The lowest BCUT2D eigenvalue weighted by Gasteiger charge is -2.36. The normalized spacial score (nSPS) is 18.1. The van der Waals surface area contributed by atoms with Crippen molar-refractivity contribution in [1.29, 1.82) is 0 Å². The summed E-state index contributed by atoms with van der Waals surface area (Å²) >= 11 is 0. The van der Waals surface area contributed by atoms with Gasteiger partial charge in [0.2, 0.25) is 5.95 Å². The number of nitrogens with zero attached hydrogens (tertiary/aromatic N) is 5. The fraction of sp³-hybridized carbons (Fsp3) is 0.368. The number of nitrogens with one attached hydrogen (secondary N) is 2. The Morgan fingerprint density at radius 2 is 1.82 bits per heavy atom. The second-order valence-corrected chi connectivity index (χ2v) is 7.16. The lowest BCUT2D eigenvalue weighted by molar-refractivity contribution is 0.186. The summed E-state index contributed by atoms with van der Waals surface area (Å²) in [5.74, 6) is 0.555. The number of hydrogen-bond donors (Lipinski definition) is 2.